The fourth-order valence-corrected chi connectivity index (χ4v) is 0. The Morgan fingerprint density at radius 2 is 1.40 bits per heavy atom. The second-order valence-corrected chi connectivity index (χ2v) is 0. The monoisotopic (exact) mass is 364 g/mol. The van der Waals surface area contributed by atoms with Crippen LogP contribution in [-0.4, -0.2) is 45.5 Å². The number of hydrogen-bond acceptors (Lipinski definition) is 1. The maximum Gasteiger partial charge on any atom is 2.00 e. The van der Waals surface area contributed by atoms with Crippen LogP contribution in [0.4, 0.5) is 0 Å². The quantitative estimate of drug-likeness (QED) is 0.541. The molecule has 0 aliphatic carbocycles. The van der Waals surface area contributed by atoms with E-state index in [1.807, 2.05) is 15.9 Å². The van der Waals surface area contributed by atoms with Gasteiger partial charge in [0.1, 0.15) is 0 Å². The van der Waals surface area contributed by atoms with Gasteiger partial charge >= 0.3 is 65.3 Å². The molecule has 0 rings (SSSR count). The average Bonchev–Trinajstić information content (AvgIpc) is 1.00. The van der Waals surface area contributed by atoms with Gasteiger partial charge < -0.3 is 2.85 Å². The van der Waals surface area contributed by atoms with Crippen LogP contribution in [0.3, 0.4) is 0 Å². The first-order valence-electron chi connectivity index (χ1n) is 0.144. The first-order chi connectivity index (χ1) is 1.00. The molecule has 0 spiro atoms. The van der Waals surface area contributed by atoms with Crippen molar-refractivity contribution in [3.8, 4) is 0 Å². The zero-order valence-electron chi connectivity index (χ0n) is 4.35. The Kier molecular flexibility index (Phi) is 122. The van der Waals surface area contributed by atoms with Crippen LogP contribution in [0.25, 0.3) is 0 Å². The summed E-state index contributed by atoms with van der Waals surface area (Å²) >= 11 is 2.00. The molecule has 5 heteroatoms. The van der Waals surface area contributed by atoms with Crippen molar-refractivity contribution < 1.29 is 75.3 Å². The molecule has 0 aromatic rings. The predicted molar refractivity (Wildman–Crippen MR) is 8.66 cm³/mol. The third-order valence-corrected chi connectivity index (χ3v) is 0. The van der Waals surface area contributed by atoms with Gasteiger partial charge in [-0.15, -0.1) is 0 Å². The largest absolute Gasteiger partial charge is 2.00 e. The summed E-state index contributed by atoms with van der Waals surface area (Å²) < 4.78 is 8.00. The minimum atomic E-state index is 0. The van der Waals surface area contributed by atoms with Gasteiger partial charge in [0.25, 0.3) is 0 Å². The molecule has 0 saturated heterocycles. The van der Waals surface area contributed by atoms with Crippen LogP contribution >= 0.6 is 0 Å². The molecule has 0 aromatic carbocycles. The fraction of sp³-hybridized carbons (Fsp3) is 0. The van der Waals surface area contributed by atoms with Crippen molar-refractivity contribution in [1.29, 1.82) is 0 Å². The molecule has 0 amide bonds. The zero-order chi connectivity index (χ0) is 2.00. The van der Waals surface area contributed by atoms with E-state index in [0.29, 0.717) is 0 Å². The molecule has 1 nitrogen and oxygen atoms in total. The van der Waals surface area contributed by atoms with Gasteiger partial charge in [0.05, 0.1) is 0 Å². The summed E-state index contributed by atoms with van der Waals surface area (Å²) in [7, 11) is 0. The van der Waals surface area contributed by atoms with E-state index >= 15 is 0 Å². The minimum absolute atomic E-state index is 0. The standard InChI is InChI=1S/Cu.Fe.La.O.Sr.2H/q;;;;+2;2*-1. The number of rotatable bonds is 0. The zero-order valence-corrected chi connectivity index (χ0v) is 11.5. The second-order valence-electron chi connectivity index (χ2n) is 0. The van der Waals surface area contributed by atoms with Gasteiger partial charge in [0.2, 0.25) is 0 Å². The van der Waals surface area contributed by atoms with Crippen LogP contribution in [0.15, 0.2) is 0 Å². The molecule has 0 N–H and O–H groups in total. The van der Waals surface area contributed by atoms with Crippen LogP contribution in [0, 0.1) is 35.6 Å². The maximum atomic E-state index is 8.00. The summed E-state index contributed by atoms with van der Waals surface area (Å²) in [5, 5.41) is 0. The molecule has 0 unspecified atom stereocenters. The van der Waals surface area contributed by atoms with Gasteiger partial charge in [-0.25, -0.2) is 0 Å². The first-order valence-corrected chi connectivity index (χ1v) is 0.595. The van der Waals surface area contributed by atoms with Gasteiger partial charge in [-0.1, -0.05) is 0 Å². The Labute approximate surface area is 118 Å². The van der Waals surface area contributed by atoms with E-state index < -0.39 is 0 Å². The van der Waals surface area contributed by atoms with Crippen LogP contribution in [0.1, 0.15) is 2.85 Å². The normalized spacial score (nSPS) is 1.00. The molecule has 0 fully saturated rings. The van der Waals surface area contributed by atoms with Gasteiger partial charge in [-0.05, 0) is 0 Å². The van der Waals surface area contributed by atoms with Crippen molar-refractivity contribution in [2.24, 2.45) is 0 Å². The Hall–Kier alpha value is 3.51. The van der Waals surface area contributed by atoms with Crippen LogP contribution < -0.4 is 0 Å². The minimum Gasteiger partial charge on any atom is 2.00 e. The summed E-state index contributed by atoms with van der Waals surface area (Å²) in [6, 6.07) is 0. The van der Waals surface area contributed by atoms with Crippen LogP contribution in [0.2, 0.25) is 0 Å². The van der Waals surface area contributed by atoms with Gasteiger partial charge in [0, 0.05) is 52.7 Å². The summed E-state index contributed by atoms with van der Waals surface area (Å²) in [6.07, 6.45) is 0. The third-order valence-electron chi connectivity index (χ3n) is 0. The number of hydrogen-bond donors (Lipinski definition) is 0. The molecule has 0 atom stereocenters. The fourth-order valence-electron chi connectivity index (χ4n) is 0. The molecule has 0 aromatic heterocycles. The molecule has 0 aliphatic heterocycles. The Morgan fingerprint density at radius 3 is 1.40 bits per heavy atom. The van der Waals surface area contributed by atoms with E-state index in [1.54, 1.807) is 0 Å². The van der Waals surface area contributed by atoms with Crippen molar-refractivity contribution in [2.45, 2.75) is 0 Å². The Bertz CT molecular complexity index is 17.7. The van der Waals surface area contributed by atoms with E-state index in [9.17, 15) is 0 Å². The SMILES string of the molecule is [Cu].[H-].[H-].[La].[O]=[Fe].[Sr+2]. The van der Waals surface area contributed by atoms with Crippen molar-refractivity contribution in [2.75, 3.05) is 0 Å². The predicted octanol–water partition coefficient (Wildman–Crippen LogP) is -0.280. The third kappa shape index (κ3) is 18.5. The maximum absolute atomic E-state index is 8.00. The Morgan fingerprint density at radius 1 is 1.40 bits per heavy atom. The van der Waals surface area contributed by atoms with Gasteiger partial charge in [-0.3, -0.25) is 0 Å². The van der Waals surface area contributed by atoms with Crippen molar-refractivity contribution in [3.63, 3.8) is 0 Å². The molecule has 0 aliphatic rings. The smallest absolute Gasteiger partial charge is 2.00 e. The molecular weight excluding hydrogens is 362 g/mol. The average molecular weight is 364 g/mol. The van der Waals surface area contributed by atoms with Gasteiger partial charge in [-0.2, -0.15) is 0 Å². The van der Waals surface area contributed by atoms with Crippen LogP contribution in [-0.2, 0) is 36.8 Å². The van der Waals surface area contributed by atoms with E-state index in [-0.39, 0.29) is 101 Å². The van der Waals surface area contributed by atoms with Gasteiger partial charge in [0.15, 0.2) is 0 Å². The molecule has 32 valence electrons. The molecule has 0 saturated carbocycles. The van der Waals surface area contributed by atoms with E-state index in [2.05, 4.69) is 0 Å². The molecule has 0 heterocycles. The van der Waals surface area contributed by atoms with Crippen molar-refractivity contribution in [1.82, 2.24) is 0 Å². The van der Waals surface area contributed by atoms with Crippen molar-refractivity contribution >= 4 is 45.5 Å². The molecule has 5 heavy (non-hydrogen) atoms. The summed E-state index contributed by atoms with van der Waals surface area (Å²) in [5.74, 6) is 0. The first kappa shape index (κ1) is 23.6. The summed E-state index contributed by atoms with van der Waals surface area (Å²) in [6.45, 7) is 0. The Balaban J connectivity index is -0.000000000500. The second kappa shape index (κ2) is 25.8. The summed E-state index contributed by atoms with van der Waals surface area (Å²) in [5.41, 5.74) is 0. The van der Waals surface area contributed by atoms with E-state index in [0.717, 1.165) is 0 Å². The molecule has 2 radical (unpaired) electrons. The molecule has 0 bridgehead atoms. The van der Waals surface area contributed by atoms with E-state index in [1.165, 1.54) is 0 Å². The van der Waals surface area contributed by atoms with E-state index in [4.69, 9.17) is 3.83 Å². The topological polar surface area (TPSA) is 17.1 Å². The summed E-state index contributed by atoms with van der Waals surface area (Å²) in [4.78, 5) is 0. The van der Waals surface area contributed by atoms with Crippen LogP contribution in [0.5, 0.6) is 0 Å². The van der Waals surface area contributed by atoms with Crippen molar-refractivity contribution in [3.05, 3.63) is 0 Å². The molecular formula is H2CuFeLaOSr.